The minimum Gasteiger partial charge on any atom is -0.444 e. The van der Waals surface area contributed by atoms with Crippen molar-refractivity contribution in [2.45, 2.75) is 64.7 Å². The number of amides is 1. The van der Waals surface area contributed by atoms with E-state index < -0.39 is 22.6 Å². The Labute approximate surface area is 152 Å². The maximum absolute atomic E-state index is 11.9. The summed E-state index contributed by atoms with van der Waals surface area (Å²) in [7, 11) is 0. The summed E-state index contributed by atoms with van der Waals surface area (Å²) in [6.45, 7) is 11.5. The number of nitrogens with two attached hydrogens (primary N) is 1. The highest BCUT2D eigenvalue weighted by Gasteiger charge is 2.55. The predicted molar refractivity (Wildman–Crippen MR) is 97.7 cm³/mol. The van der Waals surface area contributed by atoms with Gasteiger partial charge in [-0.15, -0.1) is 11.3 Å². The lowest BCUT2D eigenvalue weighted by Crippen LogP contribution is -2.63. The molecule has 25 heavy (non-hydrogen) atoms. The van der Waals surface area contributed by atoms with E-state index >= 15 is 0 Å². The van der Waals surface area contributed by atoms with Gasteiger partial charge in [0.1, 0.15) is 16.4 Å². The highest BCUT2D eigenvalue weighted by atomic mass is 32.1. The molecule has 0 radical (unpaired) electrons. The molecule has 4 N–H and O–H groups in total. The molecular weight excluding hydrogens is 342 g/mol. The first-order valence-corrected chi connectivity index (χ1v) is 9.18. The van der Waals surface area contributed by atoms with Crippen LogP contribution in [0.1, 0.15) is 53.0 Å². The summed E-state index contributed by atoms with van der Waals surface area (Å²) in [5, 5.41) is 15.0. The Kier molecular flexibility index (Phi) is 5.22. The lowest BCUT2D eigenvalue weighted by atomic mass is 9.65. The largest absolute Gasteiger partial charge is 0.444 e. The molecule has 2 heterocycles. The van der Waals surface area contributed by atoms with Gasteiger partial charge in [0.2, 0.25) is 0 Å². The van der Waals surface area contributed by atoms with Crippen LogP contribution in [0.4, 0.5) is 10.6 Å². The molecular formula is C17H29N3O4S. The second kappa shape index (κ2) is 6.50. The highest BCUT2D eigenvalue weighted by molar-refractivity contribution is 7.10. The third kappa shape index (κ3) is 4.31. The van der Waals surface area contributed by atoms with Gasteiger partial charge in [0.15, 0.2) is 0 Å². The number of anilines is 1. The van der Waals surface area contributed by atoms with Crippen molar-refractivity contribution in [3.63, 3.8) is 0 Å². The zero-order valence-corrected chi connectivity index (χ0v) is 16.6. The normalized spacial score (nSPS) is 29.3. The number of rotatable bonds is 3. The fourth-order valence-electron chi connectivity index (χ4n) is 3.09. The van der Waals surface area contributed by atoms with Crippen LogP contribution in [0.2, 0.25) is 0 Å². The molecule has 0 aliphatic carbocycles. The van der Waals surface area contributed by atoms with Crippen molar-refractivity contribution in [2.75, 3.05) is 18.5 Å². The molecule has 1 aliphatic rings. The number of hydrogen-bond acceptors (Lipinski definition) is 7. The van der Waals surface area contributed by atoms with Gasteiger partial charge < -0.3 is 20.3 Å². The molecule has 0 aromatic carbocycles. The van der Waals surface area contributed by atoms with Gasteiger partial charge in [0.05, 0.1) is 24.4 Å². The Balaban J connectivity index is 2.21. The van der Waals surface area contributed by atoms with E-state index in [0.717, 1.165) is 0 Å². The first-order chi connectivity index (χ1) is 11.3. The molecule has 2 atom stereocenters. The topological polar surface area (TPSA) is 107 Å². The van der Waals surface area contributed by atoms with E-state index in [2.05, 4.69) is 10.3 Å². The molecule has 142 valence electrons. The smallest absolute Gasteiger partial charge is 0.413 e. The number of nitrogens with one attached hydrogen (secondary N) is 1. The zero-order valence-electron chi connectivity index (χ0n) is 15.8. The van der Waals surface area contributed by atoms with Gasteiger partial charge in [-0.05, 0) is 41.0 Å². The van der Waals surface area contributed by atoms with E-state index in [4.69, 9.17) is 15.2 Å². The van der Waals surface area contributed by atoms with Crippen molar-refractivity contribution in [1.29, 1.82) is 0 Å². The number of thiazole rings is 1. The fraction of sp³-hybridized carbons (Fsp3) is 0.765. The number of nitrogens with zero attached hydrogens (tertiary/aromatic N) is 1. The Bertz CT molecular complexity index is 640. The molecule has 1 aromatic rings. The number of aliphatic hydroxyl groups is 1. The van der Waals surface area contributed by atoms with Crippen LogP contribution in [0.25, 0.3) is 0 Å². The minimum absolute atomic E-state index is 0.0787. The summed E-state index contributed by atoms with van der Waals surface area (Å²) in [6, 6.07) is 0. The number of carbonyl (C=O) groups is 1. The number of hydrogen-bond donors (Lipinski definition) is 3. The molecule has 0 saturated carbocycles. The summed E-state index contributed by atoms with van der Waals surface area (Å²) in [6.07, 6.45) is 0.0304. The number of carbonyl (C=O) groups excluding carboxylic acids is 1. The minimum atomic E-state index is -0.935. The third-order valence-corrected chi connectivity index (χ3v) is 5.47. The maximum atomic E-state index is 11.9. The average Bonchev–Trinajstić information content (AvgIpc) is 2.89. The molecule has 8 heteroatoms. The van der Waals surface area contributed by atoms with Crippen LogP contribution in [0.5, 0.6) is 0 Å². The number of aromatic nitrogens is 1. The molecule has 1 fully saturated rings. The van der Waals surface area contributed by atoms with Crippen molar-refractivity contribution in [3.8, 4) is 0 Å². The van der Waals surface area contributed by atoms with Gasteiger partial charge in [-0.2, -0.15) is 0 Å². The quantitative estimate of drug-likeness (QED) is 0.754. The lowest BCUT2D eigenvalue weighted by Gasteiger charge is -2.52. The van der Waals surface area contributed by atoms with Crippen LogP contribution < -0.4 is 11.1 Å². The Hall–Kier alpha value is -1.22. The molecule has 1 amide bonds. The monoisotopic (exact) mass is 371 g/mol. The van der Waals surface area contributed by atoms with Crippen LogP contribution in [-0.2, 0) is 15.0 Å². The van der Waals surface area contributed by atoms with Crippen molar-refractivity contribution >= 4 is 23.2 Å². The van der Waals surface area contributed by atoms with Gasteiger partial charge in [0.25, 0.3) is 0 Å². The van der Waals surface area contributed by atoms with E-state index in [1.54, 1.807) is 26.2 Å². The van der Waals surface area contributed by atoms with Gasteiger partial charge >= 0.3 is 6.09 Å². The van der Waals surface area contributed by atoms with Gasteiger partial charge in [-0.1, -0.05) is 6.92 Å². The van der Waals surface area contributed by atoms with Crippen LogP contribution >= 0.6 is 11.3 Å². The van der Waals surface area contributed by atoms with Gasteiger partial charge in [-0.25, -0.2) is 9.78 Å². The number of ether oxygens (including phenoxy) is 2. The molecule has 2 rings (SSSR count). The molecule has 0 unspecified atom stereocenters. The van der Waals surface area contributed by atoms with E-state index in [0.29, 0.717) is 17.2 Å². The van der Waals surface area contributed by atoms with Crippen LogP contribution in [0.15, 0.2) is 5.38 Å². The van der Waals surface area contributed by atoms with Crippen LogP contribution in [-0.4, -0.2) is 40.6 Å². The van der Waals surface area contributed by atoms with Gasteiger partial charge in [0, 0.05) is 10.8 Å². The second-order valence-electron chi connectivity index (χ2n) is 8.58. The molecule has 0 bridgehead atoms. The van der Waals surface area contributed by atoms with E-state index in [1.165, 1.54) is 11.3 Å². The Morgan fingerprint density at radius 2 is 2.12 bits per heavy atom. The summed E-state index contributed by atoms with van der Waals surface area (Å²) < 4.78 is 11.1. The lowest BCUT2D eigenvalue weighted by molar-refractivity contribution is -0.161. The van der Waals surface area contributed by atoms with E-state index in [1.807, 2.05) is 20.8 Å². The number of aliphatic hydroxyl groups excluding tert-OH is 1. The van der Waals surface area contributed by atoms with Gasteiger partial charge in [-0.3, -0.25) is 5.32 Å². The van der Waals surface area contributed by atoms with Crippen molar-refractivity contribution in [2.24, 2.45) is 11.1 Å². The van der Waals surface area contributed by atoms with Crippen molar-refractivity contribution in [3.05, 3.63) is 10.4 Å². The maximum Gasteiger partial charge on any atom is 0.413 e. The van der Waals surface area contributed by atoms with Crippen LogP contribution in [0.3, 0.4) is 0 Å². The van der Waals surface area contributed by atoms with Crippen LogP contribution in [0, 0.1) is 5.41 Å². The zero-order chi connectivity index (χ0) is 19.1. The summed E-state index contributed by atoms with van der Waals surface area (Å²) in [5.74, 6) is 0.379. The molecule has 1 aliphatic heterocycles. The first kappa shape index (κ1) is 20.1. The molecule has 1 saturated heterocycles. The SMILES string of the molecule is CC(C)(C)OC(=O)Nc1csc([C@]2(N)COC(C)(C)C[C@@]2(C)CO)n1. The van der Waals surface area contributed by atoms with E-state index in [-0.39, 0.29) is 18.8 Å². The molecule has 0 spiro atoms. The Morgan fingerprint density at radius 3 is 2.68 bits per heavy atom. The first-order valence-electron chi connectivity index (χ1n) is 8.30. The highest BCUT2D eigenvalue weighted by Crippen LogP contribution is 2.49. The molecule has 1 aromatic heterocycles. The van der Waals surface area contributed by atoms with Crippen molar-refractivity contribution < 1.29 is 19.4 Å². The fourth-order valence-corrected chi connectivity index (χ4v) is 4.09. The summed E-state index contributed by atoms with van der Waals surface area (Å²) >= 11 is 1.34. The molecule has 7 nitrogen and oxygen atoms in total. The average molecular weight is 372 g/mol. The standard InChI is InChI=1S/C17H29N3O4S/c1-14(2,3)24-13(22)20-11-7-25-12(19-11)17(18)10-23-15(4,5)8-16(17,6)9-21/h7,21H,8-10,18H2,1-6H3,(H,20,22)/t16-,17+/m0/s1. The predicted octanol–water partition coefficient (Wildman–Crippen LogP) is 2.84. The second-order valence-corrected chi connectivity index (χ2v) is 9.44. The van der Waals surface area contributed by atoms with Crippen molar-refractivity contribution in [1.82, 2.24) is 4.98 Å². The van der Waals surface area contributed by atoms with E-state index in [9.17, 15) is 9.90 Å². The summed E-state index contributed by atoms with van der Waals surface area (Å²) in [5.41, 5.74) is 4.18. The third-order valence-electron chi connectivity index (χ3n) is 4.45. The Morgan fingerprint density at radius 1 is 1.48 bits per heavy atom. The summed E-state index contributed by atoms with van der Waals surface area (Å²) in [4.78, 5) is 16.4.